The first-order valence-electron chi connectivity index (χ1n) is 6.25. The minimum absolute atomic E-state index is 0.0994. The van der Waals surface area contributed by atoms with Gasteiger partial charge in [-0.15, -0.1) is 0 Å². The molecule has 2 N–H and O–H groups in total. The van der Waals surface area contributed by atoms with Gasteiger partial charge in [0.15, 0.2) is 0 Å². The summed E-state index contributed by atoms with van der Waals surface area (Å²) in [7, 11) is 0. The predicted molar refractivity (Wildman–Crippen MR) is 74.7 cm³/mol. The van der Waals surface area contributed by atoms with Crippen molar-refractivity contribution in [3.05, 3.63) is 35.4 Å². The van der Waals surface area contributed by atoms with Crippen LogP contribution >= 0.6 is 11.8 Å². The topological polar surface area (TPSA) is 49.3 Å². The molecule has 0 heterocycles. The molecule has 0 aromatic heterocycles. The molecule has 0 radical (unpaired) electrons. The molecule has 1 aromatic rings. The summed E-state index contributed by atoms with van der Waals surface area (Å²) in [6.07, 6.45) is 3.82. The third-order valence-corrected chi connectivity index (χ3v) is 3.76. The number of rotatable bonds is 6. The van der Waals surface area contributed by atoms with Crippen molar-refractivity contribution in [2.24, 2.45) is 5.92 Å². The molecule has 18 heavy (non-hydrogen) atoms. The van der Waals surface area contributed by atoms with Gasteiger partial charge in [0.2, 0.25) is 0 Å². The number of hydrogen-bond acceptors (Lipinski definition) is 3. The van der Waals surface area contributed by atoms with Crippen molar-refractivity contribution in [1.29, 1.82) is 0 Å². The second-order valence-corrected chi connectivity index (χ2v) is 5.61. The maximum absolute atomic E-state index is 11.9. The van der Waals surface area contributed by atoms with E-state index in [-0.39, 0.29) is 12.0 Å². The first-order chi connectivity index (χ1) is 8.70. The lowest BCUT2D eigenvalue weighted by Crippen LogP contribution is -2.33. The Morgan fingerprint density at radius 3 is 3.00 bits per heavy atom. The van der Waals surface area contributed by atoms with E-state index in [0.717, 1.165) is 24.2 Å². The molecule has 0 bridgehead atoms. The fourth-order valence-corrected chi connectivity index (χ4v) is 2.43. The lowest BCUT2D eigenvalue weighted by Gasteiger charge is -2.11. The highest BCUT2D eigenvalue weighted by Crippen LogP contribution is 2.32. The molecule has 0 saturated heterocycles. The van der Waals surface area contributed by atoms with E-state index >= 15 is 0 Å². The fourth-order valence-electron chi connectivity index (χ4n) is 1.92. The number of benzene rings is 1. The van der Waals surface area contributed by atoms with Crippen LogP contribution in [-0.2, 0) is 5.75 Å². The average Bonchev–Trinajstić information content (AvgIpc) is 3.20. The van der Waals surface area contributed by atoms with E-state index in [4.69, 9.17) is 0 Å². The van der Waals surface area contributed by atoms with Gasteiger partial charge in [-0.3, -0.25) is 4.79 Å². The standard InChI is InChI=1S/C14H19NO2S/c1-18-9-10-3-2-4-12(7-10)14(17)15-8-13(16)11-5-6-11/h2-4,7,11,13,16H,5-6,8-9H2,1H3,(H,15,17). The number of hydrogen-bond donors (Lipinski definition) is 2. The van der Waals surface area contributed by atoms with Crippen molar-refractivity contribution in [1.82, 2.24) is 5.32 Å². The van der Waals surface area contributed by atoms with Crippen LogP contribution in [0.4, 0.5) is 0 Å². The van der Waals surface area contributed by atoms with Gasteiger partial charge in [0.1, 0.15) is 0 Å². The Balaban J connectivity index is 1.88. The van der Waals surface area contributed by atoms with E-state index in [0.29, 0.717) is 18.0 Å². The average molecular weight is 265 g/mol. The van der Waals surface area contributed by atoms with E-state index in [1.54, 1.807) is 11.8 Å². The summed E-state index contributed by atoms with van der Waals surface area (Å²) >= 11 is 1.73. The van der Waals surface area contributed by atoms with Crippen molar-refractivity contribution in [3.8, 4) is 0 Å². The summed E-state index contributed by atoms with van der Waals surface area (Å²) in [4.78, 5) is 11.9. The van der Waals surface area contributed by atoms with Crippen molar-refractivity contribution in [3.63, 3.8) is 0 Å². The number of aliphatic hydroxyl groups excluding tert-OH is 1. The number of carbonyl (C=O) groups excluding carboxylic acids is 1. The molecule has 0 aliphatic heterocycles. The van der Waals surface area contributed by atoms with Crippen molar-refractivity contribution in [2.45, 2.75) is 24.7 Å². The lowest BCUT2D eigenvalue weighted by atomic mass is 10.1. The molecule has 1 atom stereocenters. The minimum atomic E-state index is -0.386. The van der Waals surface area contributed by atoms with Crippen LogP contribution < -0.4 is 5.32 Å². The Hall–Kier alpha value is -1.00. The summed E-state index contributed by atoms with van der Waals surface area (Å²) in [6, 6.07) is 7.64. The van der Waals surface area contributed by atoms with E-state index in [1.165, 1.54) is 0 Å². The molecular formula is C14H19NO2S. The van der Waals surface area contributed by atoms with Crippen LogP contribution in [-0.4, -0.2) is 29.9 Å². The highest BCUT2D eigenvalue weighted by Gasteiger charge is 2.29. The normalized spacial score (nSPS) is 16.3. The Bertz CT molecular complexity index is 418. The third kappa shape index (κ3) is 3.75. The molecule has 1 aliphatic carbocycles. The van der Waals surface area contributed by atoms with Crippen molar-refractivity contribution >= 4 is 17.7 Å². The van der Waals surface area contributed by atoms with Gasteiger partial charge in [0.05, 0.1) is 6.10 Å². The van der Waals surface area contributed by atoms with Crippen LogP contribution in [0.1, 0.15) is 28.8 Å². The molecule has 1 amide bonds. The number of amides is 1. The van der Waals surface area contributed by atoms with Crippen LogP contribution in [0.15, 0.2) is 24.3 Å². The van der Waals surface area contributed by atoms with Gasteiger partial charge in [0, 0.05) is 17.9 Å². The van der Waals surface area contributed by atoms with E-state index in [2.05, 4.69) is 5.32 Å². The second-order valence-electron chi connectivity index (χ2n) is 4.75. The lowest BCUT2D eigenvalue weighted by molar-refractivity contribution is 0.0901. The molecule has 3 nitrogen and oxygen atoms in total. The minimum Gasteiger partial charge on any atom is -0.391 e. The van der Waals surface area contributed by atoms with E-state index in [1.807, 2.05) is 30.5 Å². The Labute approximate surface area is 112 Å². The van der Waals surface area contributed by atoms with Gasteiger partial charge in [-0.2, -0.15) is 11.8 Å². The molecule has 0 spiro atoms. The van der Waals surface area contributed by atoms with Gasteiger partial charge in [-0.25, -0.2) is 0 Å². The molecular weight excluding hydrogens is 246 g/mol. The monoisotopic (exact) mass is 265 g/mol. The summed E-state index contributed by atoms with van der Waals surface area (Å²) < 4.78 is 0. The van der Waals surface area contributed by atoms with Gasteiger partial charge in [0.25, 0.3) is 5.91 Å². The second kappa shape index (κ2) is 6.25. The predicted octanol–water partition coefficient (Wildman–Crippen LogP) is 2.05. The number of aliphatic hydroxyl groups is 1. The first kappa shape index (κ1) is 13.4. The molecule has 1 aliphatic rings. The van der Waals surface area contributed by atoms with E-state index < -0.39 is 0 Å². The number of thioether (sulfide) groups is 1. The largest absolute Gasteiger partial charge is 0.391 e. The number of nitrogens with one attached hydrogen (secondary N) is 1. The van der Waals surface area contributed by atoms with Crippen molar-refractivity contribution < 1.29 is 9.90 Å². The summed E-state index contributed by atoms with van der Waals surface area (Å²) in [6.45, 7) is 0.357. The zero-order valence-electron chi connectivity index (χ0n) is 10.6. The zero-order chi connectivity index (χ0) is 13.0. The maximum Gasteiger partial charge on any atom is 0.251 e. The number of carbonyl (C=O) groups is 1. The molecule has 1 unspecified atom stereocenters. The van der Waals surface area contributed by atoms with Crippen LogP contribution in [0.3, 0.4) is 0 Å². The quantitative estimate of drug-likeness (QED) is 0.827. The van der Waals surface area contributed by atoms with Gasteiger partial charge >= 0.3 is 0 Å². The Morgan fingerprint density at radius 1 is 1.56 bits per heavy atom. The summed E-state index contributed by atoms with van der Waals surface area (Å²) in [5, 5.41) is 12.5. The summed E-state index contributed by atoms with van der Waals surface area (Å²) in [5.41, 5.74) is 1.82. The van der Waals surface area contributed by atoms with E-state index in [9.17, 15) is 9.90 Å². The highest BCUT2D eigenvalue weighted by molar-refractivity contribution is 7.97. The first-order valence-corrected chi connectivity index (χ1v) is 7.64. The van der Waals surface area contributed by atoms with Crippen LogP contribution in [0.5, 0.6) is 0 Å². The molecule has 98 valence electrons. The highest BCUT2D eigenvalue weighted by atomic mass is 32.2. The van der Waals surface area contributed by atoms with Crippen molar-refractivity contribution in [2.75, 3.05) is 12.8 Å². The van der Waals surface area contributed by atoms with Crippen LogP contribution in [0.25, 0.3) is 0 Å². The fraction of sp³-hybridized carbons (Fsp3) is 0.500. The third-order valence-electron chi connectivity index (χ3n) is 3.14. The SMILES string of the molecule is CSCc1cccc(C(=O)NCC(O)C2CC2)c1. The van der Waals surface area contributed by atoms with Gasteiger partial charge in [-0.1, -0.05) is 12.1 Å². The smallest absolute Gasteiger partial charge is 0.251 e. The molecule has 2 rings (SSSR count). The summed E-state index contributed by atoms with van der Waals surface area (Å²) in [5.74, 6) is 1.21. The molecule has 1 fully saturated rings. The molecule has 1 saturated carbocycles. The zero-order valence-corrected chi connectivity index (χ0v) is 11.4. The Kier molecular flexibility index (Phi) is 4.66. The van der Waals surface area contributed by atoms with Crippen LogP contribution in [0, 0.1) is 5.92 Å². The van der Waals surface area contributed by atoms with Gasteiger partial charge in [-0.05, 0) is 42.7 Å². The Morgan fingerprint density at radius 2 is 2.33 bits per heavy atom. The van der Waals surface area contributed by atoms with Crippen LogP contribution in [0.2, 0.25) is 0 Å². The van der Waals surface area contributed by atoms with Gasteiger partial charge < -0.3 is 10.4 Å². The maximum atomic E-state index is 11.9. The molecule has 4 heteroatoms. The molecule has 1 aromatic carbocycles.